The molecule has 1 atom stereocenters. The van der Waals surface area contributed by atoms with Crippen LogP contribution in [0.15, 0.2) is 71.5 Å². The van der Waals surface area contributed by atoms with E-state index in [1.807, 2.05) is 36.5 Å². The molecule has 2 heterocycles. The molecule has 166 valence electrons. The van der Waals surface area contributed by atoms with E-state index in [0.717, 1.165) is 33.5 Å². The van der Waals surface area contributed by atoms with Crippen LogP contribution in [-0.2, 0) is 16.8 Å². The lowest BCUT2D eigenvalue weighted by atomic mass is 9.83. The van der Waals surface area contributed by atoms with Gasteiger partial charge in [0.2, 0.25) is 5.91 Å². The Morgan fingerprint density at radius 2 is 1.91 bits per heavy atom. The molecule has 0 radical (unpaired) electrons. The molecule has 0 saturated carbocycles. The van der Waals surface area contributed by atoms with Gasteiger partial charge in [0, 0.05) is 29.4 Å². The second-order valence-corrected chi connectivity index (χ2v) is 9.14. The van der Waals surface area contributed by atoms with Crippen molar-refractivity contribution >= 4 is 16.8 Å². The van der Waals surface area contributed by atoms with Crippen molar-refractivity contribution < 1.29 is 13.9 Å². The number of furan rings is 1. The number of carbonyl (C=O) groups excluding carboxylic acids is 1. The standard InChI is InChI=1S/C27H30N2O3/c1-27(2,3)19-9-7-18(8-10-19)22(15-26(30)29-16-21-6-5-13-32-21)24-17-28-25-12-11-20(31-4)14-23(24)25/h5-14,17,22,28H,15-16H2,1-4H3,(H,29,30)/t22-/m1/s1. The van der Waals surface area contributed by atoms with Crippen LogP contribution in [0.5, 0.6) is 5.75 Å². The summed E-state index contributed by atoms with van der Waals surface area (Å²) in [6.45, 7) is 6.98. The van der Waals surface area contributed by atoms with Gasteiger partial charge in [-0.3, -0.25) is 4.79 Å². The number of fused-ring (bicyclic) bond motifs is 1. The van der Waals surface area contributed by atoms with Crippen LogP contribution in [-0.4, -0.2) is 18.0 Å². The Kier molecular flexibility index (Phi) is 6.08. The molecule has 1 amide bonds. The molecule has 2 aromatic heterocycles. The van der Waals surface area contributed by atoms with Crippen molar-refractivity contribution in [3.05, 3.63) is 89.5 Å². The summed E-state index contributed by atoms with van der Waals surface area (Å²) in [7, 11) is 1.66. The van der Waals surface area contributed by atoms with Gasteiger partial charge in [-0.1, -0.05) is 45.0 Å². The lowest BCUT2D eigenvalue weighted by Gasteiger charge is -2.22. The Morgan fingerprint density at radius 3 is 2.56 bits per heavy atom. The largest absolute Gasteiger partial charge is 0.497 e. The minimum atomic E-state index is -0.0959. The number of aromatic amines is 1. The number of carbonyl (C=O) groups is 1. The monoisotopic (exact) mass is 430 g/mol. The number of H-pyrrole nitrogens is 1. The number of hydrogen-bond donors (Lipinski definition) is 2. The van der Waals surface area contributed by atoms with Gasteiger partial charge in [0.25, 0.3) is 0 Å². The van der Waals surface area contributed by atoms with E-state index in [1.54, 1.807) is 13.4 Å². The molecule has 0 aliphatic rings. The van der Waals surface area contributed by atoms with Crippen LogP contribution < -0.4 is 10.1 Å². The van der Waals surface area contributed by atoms with Gasteiger partial charge in [-0.2, -0.15) is 0 Å². The fourth-order valence-electron chi connectivity index (χ4n) is 4.02. The van der Waals surface area contributed by atoms with Gasteiger partial charge < -0.3 is 19.5 Å². The second-order valence-electron chi connectivity index (χ2n) is 9.14. The van der Waals surface area contributed by atoms with Crippen molar-refractivity contribution in [1.82, 2.24) is 10.3 Å². The van der Waals surface area contributed by atoms with Crippen molar-refractivity contribution in [2.24, 2.45) is 0 Å². The smallest absolute Gasteiger partial charge is 0.221 e. The molecular formula is C27H30N2O3. The third kappa shape index (κ3) is 4.72. The number of methoxy groups -OCH3 is 1. The number of rotatable bonds is 7. The maximum atomic E-state index is 12.9. The van der Waals surface area contributed by atoms with E-state index in [0.29, 0.717) is 13.0 Å². The van der Waals surface area contributed by atoms with Crippen LogP contribution in [0.2, 0.25) is 0 Å². The van der Waals surface area contributed by atoms with E-state index >= 15 is 0 Å². The van der Waals surface area contributed by atoms with Gasteiger partial charge in [0.1, 0.15) is 11.5 Å². The Bertz CT molecular complexity index is 1180. The summed E-state index contributed by atoms with van der Waals surface area (Å²) in [5.74, 6) is 1.41. The molecule has 2 aromatic carbocycles. The highest BCUT2D eigenvalue weighted by atomic mass is 16.5. The average molecular weight is 431 g/mol. The van der Waals surface area contributed by atoms with Gasteiger partial charge in [-0.05, 0) is 52.4 Å². The fraction of sp³-hybridized carbons (Fsp3) is 0.296. The molecule has 0 fully saturated rings. The van der Waals surface area contributed by atoms with E-state index in [2.05, 4.69) is 55.3 Å². The van der Waals surface area contributed by atoms with Crippen molar-refractivity contribution in [1.29, 1.82) is 0 Å². The van der Waals surface area contributed by atoms with Crippen molar-refractivity contribution in [3.8, 4) is 5.75 Å². The highest BCUT2D eigenvalue weighted by molar-refractivity contribution is 5.87. The fourth-order valence-corrected chi connectivity index (χ4v) is 4.02. The minimum absolute atomic E-state index is 0.0245. The first-order valence-electron chi connectivity index (χ1n) is 10.9. The van der Waals surface area contributed by atoms with E-state index in [1.165, 1.54) is 5.56 Å². The number of hydrogen-bond acceptors (Lipinski definition) is 3. The quantitative estimate of drug-likeness (QED) is 0.383. The molecule has 2 N–H and O–H groups in total. The molecule has 0 bridgehead atoms. The van der Waals surface area contributed by atoms with Gasteiger partial charge in [0.05, 0.1) is 19.9 Å². The zero-order valence-corrected chi connectivity index (χ0v) is 19.1. The molecule has 4 aromatic rings. The normalized spacial score (nSPS) is 12.6. The highest BCUT2D eigenvalue weighted by Crippen LogP contribution is 2.36. The van der Waals surface area contributed by atoms with Crippen LogP contribution in [0.25, 0.3) is 10.9 Å². The molecule has 0 aliphatic carbocycles. The molecule has 0 unspecified atom stereocenters. The van der Waals surface area contributed by atoms with Crippen LogP contribution in [0.1, 0.15) is 55.6 Å². The Balaban J connectivity index is 1.67. The summed E-state index contributed by atoms with van der Waals surface area (Å²) >= 11 is 0. The Morgan fingerprint density at radius 1 is 1.12 bits per heavy atom. The minimum Gasteiger partial charge on any atom is -0.497 e. The number of aromatic nitrogens is 1. The van der Waals surface area contributed by atoms with Crippen LogP contribution in [0.3, 0.4) is 0 Å². The lowest BCUT2D eigenvalue weighted by molar-refractivity contribution is -0.121. The predicted molar refractivity (Wildman–Crippen MR) is 127 cm³/mol. The van der Waals surface area contributed by atoms with Crippen LogP contribution >= 0.6 is 0 Å². The molecule has 32 heavy (non-hydrogen) atoms. The van der Waals surface area contributed by atoms with Crippen LogP contribution in [0.4, 0.5) is 0 Å². The van der Waals surface area contributed by atoms with E-state index in [-0.39, 0.29) is 17.2 Å². The Labute approximate surface area is 188 Å². The number of benzene rings is 2. The predicted octanol–water partition coefficient (Wildman–Crippen LogP) is 5.91. The SMILES string of the molecule is COc1ccc2[nH]cc([C@H](CC(=O)NCc3ccco3)c3ccc(C(C)(C)C)cc3)c2c1. The molecular weight excluding hydrogens is 400 g/mol. The van der Waals surface area contributed by atoms with Crippen molar-refractivity contribution in [2.75, 3.05) is 7.11 Å². The summed E-state index contributed by atoms with van der Waals surface area (Å²) in [6, 6.07) is 18.3. The van der Waals surface area contributed by atoms with Crippen molar-refractivity contribution in [2.45, 2.75) is 45.1 Å². The van der Waals surface area contributed by atoms with E-state index < -0.39 is 0 Å². The third-order valence-corrected chi connectivity index (χ3v) is 5.90. The van der Waals surface area contributed by atoms with Gasteiger partial charge in [-0.15, -0.1) is 0 Å². The molecule has 5 heteroatoms. The molecule has 5 nitrogen and oxygen atoms in total. The molecule has 0 spiro atoms. The zero-order chi connectivity index (χ0) is 22.7. The molecule has 4 rings (SSSR count). The third-order valence-electron chi connectivity index (χ3n) is 5.90. The molecule has 0 saturated heterocycles. The summed E-state index contributed by atoms with van der Waals surface area (Å²) < 4.78 is 10.8. The maximum Gasteiger partial charge on any atom is 0.221 e. The van der Waals surface area contributed by atoms with Crippen LogP contribution in [0, 0.1) is 0 Å². The van der Waals surface area contributed by atoms with Gasteiger partial charge in [0.15, 0.2) is 0 Å². The number of ether oxygens (including phenoxy) is 1. The van der Waals surface area contributed by atoms with E-state index in [4.69, 9.17) is 9.15 Å². The zero-order valence-electron chi connectivity index (χ0n) is 19.1. The summed E-state index contributed by atoms with van der Waals surface area (Å²) in [4.78, 5) is 16.3. The van der Waals surface area contributed by atoms with E-state index in [9.17, 15) is 4.79 Å². The summed E-state index contributed by atoms with van der Waals surface area (Å²) in [5, 5.41) is 4.05. The van der Waals surface area contributed by atoms with Gasteiger partial charge in [-0.25, -0.2) is 0 Å². The maximum absolute atomic E-state index is 12.9. The highest BCUT2D eigenvalue weighted by Gasteiger charge is 2.23. The number of nitrogens with one attached hydrogen (secondary N) is 2. The first-order chi connectivity index (χ1) is 15.3. The summed E-state index contributed by atoms with van der Waals surface area (Å²) in [5.41, 5.74) is 4.55. The topological polar surface area (TPSA) is 67.3 Å². The van der Waals surface area contributed by atoms with Crippen molar-refractivity contribution in [3.63, 3.8) is 0 Å². The second kappa shape index (κ2) is 8.95. The summed E-state index contributed by atoms with van der Waals surface area (Å²) in [6.07, 6.45) is 3.95. The Hall–Kier alpha value is -3.47. The first kappa shape index (κ1) is 21.8. The molecule has 0 aliphatic heterocycles. The first-order valence-corrected chi connectivity index (χ1v) is 10.9. The average Bonchev–Trinajstić information content (AvgIpc) is 3.45. The number of amides is 1. The lowest BCUT2D eigenvalue weighted by Crippen LogP contribution is -2.24. The van der Waals surface area contributed by atoms with Gasteiger partial charge >= 0.3 is 0 Å².